The minimum Gasteiger partial charge on any atom is -0.497 e. The van der Waals surface area contributed by atoms with Crippen molar-refractivity contribution in [2.24, 2.45) is 0 Å². The summed E-state index contributed by atoms with van der Waals surface area (Å²) < 4.78 is 10.5. The SMILES string of the molecule is COc1cccc(Nc2cc(C(=O)Nc3cc(C)ccc3OC)ncn2)c1. The molecule has 0 aliphatic rings. The Morgan fingerprint density at radius 2 is 1.85 bits per heavy atom. The first-order chi connectivity index (χ1) is 13.1. The Morgan fingerprint density at radius 3 is 2.63 bits per heavy atom. The summed E-state index contributed by atoms with van der Waals surface area (Å²) in [5, 5.41) is 5.96. The van der Waals surface area contributed by atoms with Crippen molar-refractivity contribution < 1.29 is 14.3 Å². The van der Waals surface area contributed by atoms with Gasteiger partial charge < -0.3 is 20.1 Å². The van der Waals surface area contributed by atoms with Gasteiger partial charge in [0, 0.05) is 17.8 Å². The van der Waals surface area contributed by atoms with Gasteiger partial charge in [0.05, 0.1) is 19.9 Å². The molecule has 7 nitrogen and oxygen atoms in total. The molecule has 1 amide bonds. The fourth-order valence-corrected chi connectivity index (χ4v) is 2.50. The van der Waals surface area contributed by atoms with Crippen LogP contribution in [0.1, 0.15) is 16.1 Å². The number of rotatable bonds is 6. The highest BCUT2D eigenvalue weighted by molar-refractivity contribution is 6.04. The van der Waals surface area contributed by atoms with Crippen molar-refractivity contribution in [3.8, 4) is 11.5 Å². The number of amides is 1. The van der Waals surface area contributed by atoms with Crippen molar-refractivity contribution in [2.75, 3.05) is 24.9 Å². The summed E-state index contributed by atoms with van der Waals surface area (Å²) in [6.45, 7) is 1.94. The maximum atomic E-state index is 12.6. The summed E-state index contributed by atoms with van der Waals surface area (Å²) in [5.74, 6) is 1.45. The third-order valence-electron chi connectivity index (χ3n) is 3.85. The highest BCUT2D eigenvalue weighted by atomic mass is 16.5. The number of anilines is 3. The Hall–Kier alpha value is -3.61. The second-order valence-corrected chi connectivity index (χ2v) is 5.80. The number of hydrogen-bond donors (Lipinski definition) is 2. The fourth-order valence-electron chi connectivity index (χ4n) is 2.50. The first-order valence-corrected chi connectivity index (χ1v) is 8.28. The van der Waals surface area contributed by atoms with Crippen LogP contribution in [0.25, 0.3) is 0 Å². The first-order valence-electron chi connectivity index (χ1n) is 8.28. The molecular weight excluding hydrogens is 344 g/mol. The van der Waals surface area contributed by atoms with Crippen molar-refractivity contribution in [3.05, 3.63) is 66.1 Å². The Bertz CT molecular complexity index is 959. The predicted molar refractivity (Wildman–Crippen MR) is 104 cm³/mol. The molecule has 0 bridgehead atoms. The van der Waals surface area contributed by atoms with Gasteiger partial charge in [-0.15, -0.1) is 0 Å². The number of aromatic nitrogens is 2. The average Bonchev–Trinajstić information content (AvgIpc) is 2.68. The van der Waals surface area contributed by atoms with Crippen LogP contribution in [-0.2, 0) is 0 Å². The van der Waals surface area contributed by atoms with Gasteiger partial charge in [0.1, 0.15) is 29.3 Å². The van der Waals surface area contributed by atoms with Crippen molar-refractivity contribution in [2.45, 2.75) is 6.92 Å². The summed E-state index contributed by atoms with van der Waals surface area (Å²) >= 11 is 0. The number of nitrogens with one attached hydrogen (secondary N) is 2. The van der Waals surface area contributed by atoms with E-state index < -0.39 is 0 Å². The van der Waals surface area contributed by atoms with Crippen LogP contribution in [0.15, 0.2) is 54.9 Å². The number of aryl methyl sites for hydroxylation is 1. The fraction of sp³-hybridized carbons (Fsp3) is 0.150. The van der Waals surface area contributed by atoms with Crippen LogP contribution in [0.5, 0.6) is 11.5 Å². The van der Waals surface area contributed by atoms with Crippen LogP contribution in [0, 0.1) is 6.92 Å². The van der Waals surface area contributed by atoms with Gasteiger partial charge in [0.15, 0.2) is 0 Å². The normalized spacial score (nSPS) is 10.2. The molecule has 2 N–H and O–H groups in total. The van der Waals surface area contributed by atoms with E-state index in [9.17, 15) is 4.79 Å². The highest BCUT2D eigenvalue weighted by Crippen LogP contribution is 2.26. The number of carbonyl (C=O) groups is 1. The molecule has 7 heteroatoms. The Labute approximate surface area is 157 Å². The van der Waals surface area contributed by atoms with Crippen molar-refractivity contribution in [1.29, 1.82) is 0 Å². The van der Waals surface area contributed by atoms with Gasteiger partial charge in [-0.1, -0.05) is 12.1 Å². The molecule has 27 heavy (non-hydrogen) atoms. The lowest BCUT2D eigenvalue weighted by atomic mass is 10.2. The zero-order chi connectivity index (χ0) is 19.2. The Balaban J connectivity index is 1.78. The molecule has 0 radical (unpaired) electrons. The number of hydrogen-bond acceptors (Lipinski definition) is 6. The van der Waals surface area contributed by atoms with E-state index in [-0.39, 0.29) is 11.6 Å². The topological polar surface area (TPSA) is 85.4 Å². The lowest BCUT2D eigenvalue weighted by molar-refractivity contribution is 0.102. The zero-order valence-electron chi connectivity index (χ0n) is 15.3. The van der Waals surface area contributed by atoms with Crippen molar-refractivity contribution in [1.82, 2.24) is 9.97 Å². The van der Waals surface area contributed by atoms with E-state index in [4.69, 9.17) is 9.47 Å². The van der Waals surface area contributed by atoms with Gasteiger partial charge in [-0.05, 0) is 36.8 Å². The molecule has 3 rings (SSSR count). The molecule has 0 unspecified atom stereocenters. The summed E-state index contributed by atoms with van der Waals surface area (Å²) in [7, 11) is 3.16. The van der Waals surface area contributed by atoms with Crippen molar-refractivity contribution in [3.63, 3.8) is 0 Å². The van der Waals surface area contributed by atoms with E-state index in [2.05, 4.69) is 20.6 Å². The quantitative estimate of drug-likeness (QED) is 0.692. The van der Waals surface area contributed by atoms with Crippen LogP contribution < -0.4 is 20.1 Å². The summed E-state index contributed by atoms with van der Waals surface area (Å²) in [6, 6.07) is 14.6. The van der Waals surface area contributed by atoms with Gasteiger partial charge in [0.25, 0.3) is 5.91 Å². The third kappa shape index (κ3) is 4.52. The molecule has 138 valence electrons. The molecular formula is C20H20N4O3. The summed E-state index contributed by atoms with van der Waals surface area (Å²) in [5.41, 5.74) is 2.62. The Morgan fingerprint density at radius 1 is 1.00 bits per heavy atom. The summed E-state index contributed by atoms with van der Waals surface area (Å²) in [6.07, 6.45) is 1.34. The van der Waals surface area contributed by atoms with Crippen molar-refractivity contribution >= 4 is 23.1 Å². The molecule has 0 aliphatic carbocycles. The molecule has 0 atom stereocenters. The van der Waals surface area contributed by atoms with Gasteiger partial charge in [-0.2, -0.15) is 0 Å². The smallest absolute Gasteiger partial charge is 0.274 e. The van der Waals surface area contributed by atoms with Gasteiger partial charge >= 0.3 is 0 Å². The molecule has 0 fully saturated rings. The van der Waals surface area contributed by atoms with Crippen LogP contribution in [-0.4, -0.2) is 30.1 Å². The minimum atomic E-state index is -0.352. The standard InChI is InChI=1S/C20H20N4O3/c1-13-7-8-18(27-3)16(9-13)24-20(25)17-11-19(22-12-21-17)23-14-5-4-6-15(10-14)26-2/h4-12H,1-3H3,(H,24,25)(H,21,22,23). The molecule has 1 aromatic heterocycles. The van der Waals surface area contributed by atoms with Crippen LogP contribution >= 0.6 is 0 Å². The Kier molecular flexibility index (Phi) is 5.51. The third-order valence-corrected chi connectivity index (χ3v) is 3.85. The maximum absolute atomic E-state index is 12.6. The molecule has 0 saturated heterocycles. The number of ether oxygens (including phenoxy) is 2. The number of nitrogens with zero attached hydrogens (tertiary/aromatic N) is 2. The van der Waals surface area contributed by atoms with Crippen LogP contribution in [0.2, 0.25) is 0 Å². The first kappa shape index (κ1) is 18.2. The van der Waals surface area contributed by atoms with E-state index in [1.54, 1.807) is 26.4 Å². The van der Waals surface area contributed by atoms with E-state index in [0.29, 0.717) is 17.3 Å². The van der Waals surface area contributed by atoms with E-state index in [1.807, 2.05) is 43.3 Å². The molecule has 0 spiro atoms. The zero-order valence-corrected chi connectivity index (χ0v) is 15.3. The molecule has 0 aliphatic heterocycles. The predicted octanol–water partition coefficient (Wildman–Crippen LogP) is 3.80. The maximum Gasteiger partial charge on any atom is 0.274 e. The van der Waals surface area contributed by atoms with Gasteiger partial charge in [-0.25, -0.2) is 9.97 Å². The highest BCUT2D eigenvalue weighted by Gasteiger charge is 2.12. The molecule has 2 aromatic carbocycles. The monoisotopic (exact) mass is 364 g/mol. The average molecular weight is 364 g/mol. The van der Waals surface area contributed by atoms with Crippen LogP contribution in [0.3, 0.4) is 0 Å². The van der Waals surface area contributed by atoms with E-state index in [0.717, 1.165) is 17.0 Å². The van der Waals surface area contributed by atoms with E-state index in [1.165, 1.54) is 6.33 Å². The van der Waals surface area contributed by atoms with Gasteiger partial charge in [0.2, 0.25) is 0 Å². The van der Waals surface area contributed by atoms with E-state index >= 15 is 0 Å². The largest absolute Gasteiger partial charge is 0.497 e. The van der Waals surface area contributed by atoms with Gasteiger partial charge in [-0.3, -0.25) is 4.79 Å². The molecule has 0 saturated carbocycles. The number of carbonyl (C=O) groups excluding carboxylic acids is 1. The molecule has 3 aromatic rings. The lowest BCUT2D eigenvalue weighted by Crippen LogP contribution is -2.15. The van der Waals surface area contributed by atoms with Crippen LogP contribution in [0.4, 0.5) is 17.2 Å². The number of methoxy groups -OCH3 is 2. The lowest BCUT2D eigenvalue weighted by Gasteiger charge is -2.11. The minimum absolute atomic E-state index is 0.235. The number of benzene rings is 2. The second-order valence-electron chi connectivity index (χ2n) is 5.80. The molecule has 1 heterocycles. The second kappa shape index (κ2) is 8.18. The summed E-state index contributed by atoms with van der Waals surface area (Å²) in [4.78, 5) is 20.8.